The second-order valence-electron chi connectivity index (χ2n) is 7.86. The molecule has 0 bridgehead atoms. The number of benzene rings is 1. The average Bonchev–Trinajstić information content (AvgIpc) is 3.30. The number of carbonyl (C=O) groups excluding carboxylic acids is 2. The van der Waals surface area contributed by atoms with E-state index in [1.165, 1.54) is 22.9 Å². The largest absolute Gasteiger partial charge is 0.355 e. The Hall–Kier alpha value is -2.50. The van der Waals surface area contributed by atoms with Gasteiger partial charge >= 0.3 is 0 Å². The van der Waals surface area contributed by atoms with E-state index in [2.05, 4.69) is 59.9 Å². The monoisotopic (exact) mass is 409 g/mol. The zero-order valence-corrected chi connectivity index (χ0v) is 18.5. The lowest BCUT2D eigenvalue weighted by Crippen LogP contribution is -2.87. The third kappa shape index (κ3) is 4.57. The number of aromatic amines is 1. The van der Waals surface area contributed by atoms with E-state index in [0.717, 1.165) is 11.3 Å². The molecular formula is C24H29N2O2S+. The van der Waals surface area contributed by atoms with Crippen LogP contribution in [0.4, 0.5) is 0 Å². The van der Waals surface area contributed by atoms with Crippen LogP contribution in [-0.2, 0) is 0 Å². The molecule has 0 radical (unpaired) electrons. The molecule has 0 saturated heterocycles. The number of rotatable bonds is 8. The van der Waals surface area contributed by atoms with Gasteiger partial charge in [-0.3, -0.25) is 9.59 Å². The predicted octanol–water partition coefficient (Wildman–Crippen LogP) is 4.55. The van der Waals surface area contributed by atoms with E-state index in [-0.39, 0.29) is 17.6 Å². The van der Waals surface area contributed by atoms with Crippen LogP contribution in [-0.4, -0.2) is 23.1 Å². The fourth-order valence-corrected chi connectivity index (χ4v) is 4.71. The number of aryl methyl sites for hydroxylation is 1. The number of hydrogen-bond donors (Lipinski definition) is 2. The van der Waals surface area contributed by atoms with Gasteiger partial charge in [0.05, 0.1) is 10.6 Å². The van der Waals surface area contributed by atoms with Crippen LogP contribution in [0.3, 0.4) is 0 Å². The molecule has 0 spiro atoms. The van der Waals surface area contributed by atoms with Crippen molar-refractivity contribution in [3.63, 3.8) is 0 Å². The number of nitrogens with one attached hydrogen (secondary N) is 1. The van der Waals surface area contributed by atoms with E-state index < -0.39 is 0 Å². The summed E-state index contributed by atoms with van der Waals surface area (Å²) in [4.78, 5) is 29.1. The third-order valence-corrected chi connectivity index (χ3v) is 6.37. The quantitative estimate of drug-likeness (QED) is 0.536. The van der Waals surface area contributed by atoms with Gasteiger partial charge in [0.2, 0.25) is 5.78 Å². The standard InChI is InChI=1S/C24H28N2O2S/c1-14(2)18-8-10-19(11-9-18)24(21-7-6-12-29-21)25-13-20(28)23-15(3)22(17(5)27)16(4)26-23/h6-12,14,24-26H,13H2,1-5H3/p+1/t24-/m0/s1. The van der Waals surface area contributed by atoms with Crippen LogP contribution in [0.25, 0.3) is 0 Å². The van der Waals surface area contributed by atoms with Gasteiger partial charge in [0.25, 0.3) is 0 Å². The minimum atomic E-state index is -0.0130. The van der Waals surface area contributed by atoms with E-state index in [1.54, 1.807) is 11.3 Å². The highest BCUT2D eigenvalue weighted by Crippen LogP contribution is 2.25. The molecular weight excluding hydrogens is 380 g/mol. The molecule has 1 aromatic carbocycles. The molecule has 4 nitrogen and oxygen atoms in total. The predicted molar refractivity (Wildman–Crippen MR) is 118 cm³/mol. The highest BCUT2D eigenvalue weighted by Gasteiger charge is 2.24. The number of H-pyrrole nitrogens is 1. The second-order valence-corrected chi connectivity index (χ2v) is 8.84. The maximum Gasteiger partial charge on any atom is 0.233 e. The molecule has 1 atom stereocenters. The lowest BCUT2D eigenvalue weighted by atomic mass is 9.98. The zero-order valence-electron chi connectivity index (χ0n) is 17.7. The van der Waals surface area contributed by atoms with Crippen molar-refractivity contribution in [2.45, 2.75) is 46.6 Å². The van der Waals surface area contributed by atoms with Crippen molar-refractivity contribution in [3.8, 4) is 0 Å². The molecule has 0 amide bonds. The maximum atomic E-state index is 12.9. The van der Waals surface area contributed by atoms with Gasteiger partial charge < -0.3 is 10.3 Å². The summed E-state index contributed by atoms with van der Waals surface area (Å²) in [7, 11) is 0. The van der Waals surface area contributed by atoms with E-state index in [0.29, 0.717) is 23.7 Å². The Labute approximate surface area is 176 Å². The first-order valence-corrected chi connectivity index (χ1v) is 10.9. The van der Waals surface area contributed by atoms with Crippen LogP contribution in [0.1, 0.15) is 80.8 Å². The Bertz CT molecular complexity index is 998. The Morgan fingerprint density at radius 3 is 2.24 bits per heavy atom. The van der Waals surface area contributed by atoms with Crippen molar-refractivity contribution < 1.29 is 14.9 Å². The highest BCUT2D eigenvalue weighted by molar-refractivity contribution is 7.10. The van der Waals surface area contributed by atoms with E-state index in [4.69, 9.17) is 0 Å². The molecule has 3 rings (SSSR count). The summed E-state index contributed by atoms with van der Waals surface area (Å²) < 4.78 is 0. The van der Waals surface area contributed by atoms with Gasteiger partial charge in [-0.25, -0.2) is 0 Å². The number of ketones is 2. The number of aromatic nitrogens is 1. The van der Waals surface area contributed by atoms with Crippen molar-refractivity contribution >= 4 is 22.9 Å². The van der Waals surface area contributed by atoms with Crippen LogP contribution in [0.5, 0.6) is 0 Å². The normalized spacial score (nSPS) is 12.3. The van der Waals surface area contributed by atoms with Crippen molar-refractivity contribution in [2.24, 2.45) is 0 Å². The number of Topliss-reactive ketones (excluding diaryl/α,β-unsaturated/α-hetero) is 2. The van der Waals surface area contributed by atoms with Crippen molar-refractivity contribution in [2.75, 3.05) is 6.54 Å². The Morgan fingerprint density at radius 2 is 1.72 bits per heavy atom. The molecule has 29 heavy (non-hydrogen) atoms. The van der Waals surface area contributed by atoms with Gasteiger partial charge in [0.1, 0.15) is 12.6 Å². The molecule has 3 aromatic rings. The van der Waals surface area contributed by atoms with Crippen LogP contribution in [0, 0.1) is 13.8 Å². The molecule has 0 aliphatic carbocycles. The molecule has 0 unspecified atom stereocenters. The van der Waals surface area contributed by atoms with E-state index >= 15 is 0 Å². The fourth-order valence-electron chi connectivity index (χ4n) is 3.86. The summed E-state index contributed by atoms with van der Waals surface area (Å²) in [5, 5.41) is 4.15. The van der Waals surface area contributed by atoms with Gasteiger partial charge in [-0.05, 0) is 49.3 Å². The first kappa shape index (κ1) is 21.2. The summed E-state index contributed by atoms with van der Waals surface area (Å²) in [6, 6.07) is 12.9. The first-order chi connectivity index (χ1) is 13.8. The highest BCUT2D eigenvalue weighted by atomic mass is 32.1. The zero-order chi connectivity index (χ0) is 21.1. The summed E-state index contributed by atoms with van der Waals surface area (Å²) in [6.07, 6.45) is 0. The molecule has 5 heteroatoms. The fraction of sp³-hybridized carbons (Fsp3) is 0.333. The maximum absolute atomic E-state index is 12.9. The Morgan fingerprint density at radius 1 is 1.07 bits per heavy atom. The number of quaternary nitrogens is 1. The summed E-state index contributed by atoms with van der Waals surface area (Å²) in [5.41, 5.74) is 5.19. The smallest absolute Gasteiger partial charge is 0.233 e. The molecule has 152 valence electrons. The topological polar surface area (TPSA) is 66.5 Å². The Balaban J connectivity index is 1.82. The first-order valence-electron chi connectivity index (χ1n) is 9.99. The molecule has 2 aromatic heterocycles. The lowest BCUT2D eigenvalue weighted by molar-refractivity contribution is -0.675. The minimum absolute atomic E-state index is 0.0125. The lowest BCUT2D eigenvalue weighted by Gasteiger charge is -2.15. The number of thiophene rings is 1. The van der Waals surface area contributed by atoms with Crippen LogP contribution < -0.4 is 5.32 Å². The second kappa shape index (κ2) is 8.89. The van der Waals surface area contributed by atoms with Gasteiger partial charge in [0.15, 0.2) is 5.78 Å². The van der Waals surface area contributed by atoms with Crippen LogP contribution >= 0.6 is 11.3 Å². The Kier molecular flexibility index (Phi) is 6.50. The van der Waals surface area contributed by atoms with Gasteiger partial charge in [0, 0.05) is 16.8 Å². The van der Waals surface area contributed by atoms with Gasteiger partial charge in [-0.15, -0.1) is 11.3 Å². The molecule has 3 N–H and O–H groups in total. The molecule has 2 heterocycles. The number of hydrogen-bond acceptors (Lipinski definition) is 3. The summed E-state index contributed by atoms with van der Waals surface area (Å²) >= 11 is 1.70. The third-order valence-electron chi connectivity index (χ3n) is 5.42. The van der Waals surface area contributed by atoms with Crippen LogP contribution in [0.2, 0.25) is 0 Å². The van der Waals surface area contributed by atoms with Crippen molar-refractivity contribution in [1.82, 2.24) is 4.98 Å². The van der Waals surface area contributed by atoms with Gasteiger partial charge in [-0.1, -0.05) is 44.2 Å². The molecule has 0 fully saturated rings. The summed E-state index contributed by atoms with van der Waals surface area (Å²) in [6.45, 7) is 9.91. The number of nitrogens with two attached hydrogens (primary N) is 1. The van der Waals surface area contributed by atoms with Crippen LogP contribution in [0.15, 0.2) is 41.8 Å². The summed E-state index contributed by atoms with van der Waals surface area (Å²) in [5.74, 6) is 0.490. The molecule has 0 aliphatic heterocycles. The van der Waals surface area contributed by atoms with Crippen molar-refractivity contribution in [1.29, 1.82) is 0 Å². The molecule has 0 saturated carbocycles. The van der Waals surface area contributed by atoms with Gasteiger partial charge in [-0.2, -0.15) is 0 Å². The number of carbonyl (C=O) groups is 2. The minimum Gasteiger partial charge on any atom is -0.355 e. The SMILES string of the molecule is CC(=O)c1c(C)[nH]c(C(=O)C[NH2+][C@@H](c2ccc(C(C)C)cc2)c2cccs2)c1C. The molecule has 0 aliphatic rings. The van der Waals surface area contributed by atoms with E-state index in [9.17, 15) is 9.59 Å². The van der Waals surface area contributed by atoms with Crippen molar-refractivity contribution in [3.05, 3.63) is 80.3 Å². The average molecular weight is 410 g/mol. The van der Waals surface area contributed by atoms with E-state index in [1.807, 2.05) is 19.9 Å².